The minimum atomic E-state index is -0.276. The van der Waals surface area contributed by atoms with Crippen LogP contribution in [0.5, 0.6) is 0 Å². The molecule has 0 saturated carbocycles. The Balaban J connectivity index is 1.67. The first-order chi connectivity index (χ1) is 12.6. The Hall–Kier alpha value is -3.72. The third-order valence-corrected chi connectivity index (χ3v) is 3.74. The first-order valence-electron chi connectivity index (χ1n) is 8.07. The van der Waals surface area contributed by atoms with Gasteiger partial charge < -0.3 is 10.6 Å². The van der Waals surface area contributed by atoms with Crippen LogP contribution in [0.3, 0.4) is 0 Å². The number of rotatable bonds is 5. The maximum Gasteiger partial charge on any atom is 0.270 e. The molecule has 0 aliphatic carbocycles. The van der Waals surface area contributed by atoms with Gasteiger partial charge in [0.05, 0.1) is 11.6 Å². The van der Waals surface area contributed by atoms with Gasteiger partial charge in [-0.1, -0.05) is 35.9 Å². The predicted octanol–water partition coefficient (Wildman–Crippen LogP) is 3.33. The maximum atomic E-state index is 12.3. The van der Waals surface area contributed by atoms with Gasteiger partial charge >= 0.3 is 0 Å². The zero-order valence-electron chi connectivity index (χ0n) is 14.2. The average Bonchev–Trinajstić information content (AvgIpc) is 2.67. The van der Waals surface area contributed by atoms with Crippen LogP contribution < -0.4 is 10.6 Å². The van der Waals surface area contributed by atoms with Crippen LogP contribution in [-0.4, -0.2) is 15.9 Å². The Labute approximate surface area is 151 Å². The van der Waals surface area contributed by atoms with Crippen molar-refractivity contribution >= 4 is 17.4 Å². The van der Waals surface area contributed by atoms with Crippen molar-refractivity contribution in [3.05, 3.63) is 83.3 Å². The lowest BCUT2D eigenvalue weighted by Gasteiger charge is -2.08. The molecule has 0 bridgehead atoms. The van der Waals surface area contributed by atoms with Crippen molar-refractivity contribution in [3.8, 4) is 6.07 Å². The molecule has 1 heterocycles. The molecule has 0 aliphatic rings. The van der Waals surface area contributed by atoms with Gasteiger partial charge in [0, 0.05) is 18.3 Å². The van der Waals surface area contributed by atoms with Gasteiger partial charge in [0.25, 0.3) is 5.91 Å². The van der Waals surface area contributed by atoms with E-state index in [2.05, 4.69) is 26.7 Å². The number of aryl methyl sites for hydroxylation is 1. The lowest BCUT2D eigenvalue weighted by Crippen LogP contribution is -2.24. The molecule has 2 aromatic carbocycles. The Morgan fingerprint density at radius 1 is 1.12 bits per heavy atom. The summed E-state index contributed by atoms with van der Waals surface area (Å²) in [6.45, 7) is 2.44. The molecule has 6 heteroatoms. The Bertz CT molecular complexity index is 960. The predicted molar refractivity (Wildman–Crippen MR) is 98.8 cm³/mol. The highest BCUT2D eigenvalue weighted by atomic mass is 16.1. The monoisotopic (exact) mass is 343 g/mol. The van der Waals surface area contributed by atoms with Crippen LogP contribution in [0.2, 0.25) is 0 Å². The normalized spacial score (nSPS) is 10.0. The molecule has 128 valence electrons. The van der Waals surface area contributed by atoms with Gasteiger partial charge in [-0.3, -0.25) is 4.79 Å². The van der Waals surface area contributed by atoms with Gasteiger partial charge in [0.2, 0.25) is 0 Å². The molecule has 0 aliphatic heterocycles. The highest BCUT2D eigenvalue weighted by Gasteiger charge is 2.09. The molecular weight excluding hydrogens is 326 g/mol. The highest BCUT2D eigenvalue weighted by molar-refractivity contribution is 5.92. The van der Waals surface area contributed by atoms with Gasteiger partial charge in [-0.05, 0) is 30.7 Å². The lowest BCUT2D eigenvalue weighted by atomic mass is 10.1. The first-order valence-corrected chi connectivity index (χ1v) is 8.07. The number of hydrogen-bond acceptors (Lipinski definition) is 5. The summed E-state index contributed by atoms with van der Waals surface area (Å²) in [7, 11) is 0. The van der Waals surface area contributed by atoms with E-state index in [1.165, 1.54) is 11.9 Å². The van der Waals surface area contributed by atoms with Crippen LogP contribution >= 0.6 is 0 Å². The SMILES string of the molecule is Cc1ccc(CNC(=O)c2cc(Nc3cccc(C#N)c3)ncn2)cc1. The molecule has 3 aromatic rings. The molecular formula is C20H17N5O. The van der Waals surface area contributed by atoms with E-state index < -0.39 is 0 Å². The summed E-state index contributed by atoms with van der Waals surface area (Å²) in [5, 5.41) is 14.9. The summed E-state index contributed by atoms with van der Waals surface area (Å²) >= 11 is 0. The second-order valence-electron chi connectivity index (χ2n) is 5.77. The van der Waals surface area contributed by atoms with E-state index in [0.29, 0.717) is 23.6 Å². The smallest absolute Gasteiger partial charge is 0.270 e. The minimum Gasteiger partial charge on any atom is -0.347 e. The number of amides is 1. The highest BCUT2D eigenvalue weighted by Crippen LogP contribution is 2.16. The van der Waals surface area contributed by atoms with Crippen LogP contribution in [0.4, 0.5) is 11.5 Å². The second kappa shape index (κ2) is 7.90. The van der Waals surface area contributed by atoms with Crippen LogP contribution in [0.1, 0.15) is 27.2 Å². The molecule has 0 radical (unpaired) electrons. The summed E-state index contributed by atoms with van der Waals surface area (Å²) in [6, 6.07) is 18.6. The average molecular weight is 343 g/mol. The van der Waals surface area contributed by atoms with Crippen molar-refractivity contribution in [2.24, 2.45) is 0 Å². The summed E-state index contributed by atoms with van der Waals surface area (Å²) in [5.74, 6) is 0.206. The van der Waals surface area contributed by atoms with Crippen molar-refractivity contribution in [2.75, 3.05) is 5.32 Å². The van der Waals surface area contributed by atoms with Crippen molar-refractivity contribution < 1.29 is 4.79 Å². The van der Waals surface area contributed by atoms with Crippen molar-refractivity contribution in [1.82, 2.24) is 15.3 Å². The summed E-state index contributed by atoms with van der Waals surface area (Å²) in [5.41, 5.74) is 3.72. The van der Waals surface area contributed by atoms with Crippen molar-refractivity contribution in [2.45, 2.75) is 13.5 Å². The molecule has 0 unspecified atom stereocenters. The van der Waals surface area contributed by atoms with E-state index in [-0.39, 0.29) is 11.6 Å². The van der Waals surface area contributed by atoms with Crippen LogP contribution in [0.25, 0.3) is 0 Å². The Kier molecular flexibility index (Phi) is 5.20. The minimum absolute atomic E-state index is 0.269. The van der Waals surface area contributed by atoms with E-state index in [1.807, 2.05) is 37.3 Å². The Morgan fingerprint density at radius 2 is 1.92 bits per heavy atom. The van der Waals surface area contributed by atoms with Crippen molar-refractivity contribution in [3.63, 3.8) is 0 Å². The number of hydrogen-bond donors (Lipinski definition) is 2. The third kappa shape index (κ3) is 4.42. The zero-order valence-corrected chi connectivity index (χ0v) is 14.2. The number of nitriles is 1. The van der Waals surface area contributed by atoms with Gasteiger partial charge in [0.1, 0.15) is 17.8 Å². The largest absolute Gasteiger partial charge is 0.347 e. The molecule has 3 rings (SSSR count). The fourth-order valence-electron chi connectivity index (χ4n) is 2.34. The van der Waals surface area contributed by atoms with Crippen LogP contribution in [0, 0.1) is 18.3 Å². The van der Waals surface area contributed by atoms with Gasteiger partial charge in [-0.2, -0.15) is 5.26 Å². The van der Waals surface area contributed by atoms with Gasteiger partial charge in [-0.25, -0.2) is 9.97 Å². The fraction of sp³-hybridized carbons (Fsp3) is 0.100. The molecule has 6 nitrogen and oxygen atoms in total. The van der Waals surface area contributed by atoms with E-state index >= 15 is 0 Å². The summed E-state index contributed by atoms with van der Waals surface area (Å²) in [6.07, 6.45) is 1.33. The fourth-order valence-corrected chi connectivity index (χ4v) is 2.34. The number of carbonyl (C=O) groups excluding carboxylic acids is 1. The van der Waals surface area contributed by atoms with Gasteiger partial charge in [-0.15, -0.1) is 0 Å². The molecule has 0 atom stereocenters. The number of aromatic nitrogens is 2. The molecule has 26 heavy (non-hydrogen) atoms. The van der Waals surface area contributed by atoms with E-state index in [9.17, 15) is 4.79 Å². The first kappa shape index (κ1) is 17.1. The molecule has 0 saturated heterocycles. The van der Waals surface area contributed by atoms with Crippen LogP contribution in [0.15, 0.2) is 60.9 Å². The number of anilines is 2. The Morgan fingerprint density at radius 3 is 2.69 bits per heavy atom. The molecule has 1 amide bonds. The zero-order chi connectivity index (χ0) is 18.4. The van der Waals surface area contributed by atoms with E-state index in [0.717, 1.165) is 5.56 Å². The van der Waals surface area contributed by atoms with Crippen molar-refractivity contribution in [1.29, 1.82) is 5.26 Å². The standard InChI is InChI=1S/C20H17N5O/c1-14-5-7-15(8-6-14)12-22-20(26)18-10-19(24-13-23-18)25-17-4-2-3-16(9-17)11-21/h2-10,13H,12H2,1H3,(H,22,26)(H,23,24,25). The number of benzene rings is 2. The third-order valence-electron chi connectivity index (χ3n) is 3.74. The number of carbonyl (C=O) groups is 1. The molecule has 2 N–H and O–H groups in total. The van der Waals surface area contributed by atoms with Gasteiger partial charge in [0.15, 0.2) is 0 Å². The quantitative estimate of drug-likeness (QED) is 0.741. The summed E-state index contributed by atoms with van der Waals surface area (Å²) in [4.78, 5) is 20.5. The summed E-state index contributed by atoms with van der Waals surface area (Å²) < 4.78 is 0. The maximum absolute atomic E-state index is 12.3. The lowest BCUT2D eigenvalue weighted by molar-refractivity contribution is 0.0946. The molecule has 0 spiro atoms. The van der Waals surface area contributed by atoms with Crippen LogP contribution in [-0.2, 0) is 6.54 Å². The van der Waals surface area contributed by atoms with E-state index in [4.69, 9.17) is 5.26 Å². The number of nitrogens with zero attached hydrogens (tertiary/aromatic N) is 3. The number of nitrogens with one attached hydrogen (secondary N) is 2. The second-order valence-corrected chi connectivity index (χ2v) is 5.77. The molecule has 0 fully saturated rings. The molecule has 1 aromatic heterocycles. The van der Waals surface area contributed by atoms with E-state index in [1.54, 1.807) is 24.3 Å². The topological polar surface area (TPSA) is 90.7 Å².